The average Bonchev–Trinajstić information content (AvgIpc) is 3.15. The average molecular weight is 439 g/mol. The molecule has 146 valence electrons. The number of ether oxygens (including phenoxy) is 1. The van der Waals surface area contributed by atoms with Crippen molar-refractivity contribution in [3.8, 4) is 11.5 Å². The van der Waals surface area contributed by atoms with Crippen molar-refractivity contribution < 1.29 is 17.6 Å². The van der Waals surface area contributed by atoms with Crippen molar-refractivity contribution in [2.24, 2.45) is 0 Å². The third kappa shape index (κ3) is 3.75. The molecule has 6 nitrogen and oxygen atoms in total. The number of rotatable bonds is 4. The lowest BCUT2D eigenvalue weighted by Crippen LogP contribution is -2.36. The number of morpholine rings is 1. The molecule has 0 unspecified atom stereocenters. The fourth-order valence-electron chi connectivity index (χ4n) is 2.95. The second-order valence-corrected chi connectivity index (χ2v) is 8.94. The SMILES string of the molecule is O=S(=O)(c1ccccc1)c1nc(-c2cc(Cl)cc(Cl)c2)oc1N1CCOCC1. The Morgan fingerprint density at radius 1 is 0.964 bits per heavy atom. The first-order chi connectivity index (χ1) is 13.4. The number of halogens is 2. The highest BCUT2D eigenvalue weighted by atomic mass is 35.5. The molecule has 0 spiro atoms. The van der Waals surface area contributed by atoms with Gasteiger partial charge in [0.1, 0.15) is 0 Å². The molecule has 0 N–H and O–H groups in total. The minimum atomic E-state index is -3.88. The molecule has 0 amide bonds. The van der Waals surface area contributed by atoms with E-state index in [2.05, 4.69) is 4.98 Å². The highest BCUT2D eigenvalue weighted by Gasteiger charge is 2.32. The van der Waals surface area contributed by atoms with E-state index in [9.17, 15) is 8.42 Å². The molecule has 0 saturated carbocycles. The van der Waals surface area contributed by atoms with Gasteiger partial charge in [0.2, 0.25) is 26.6 Å². The van der Waals surface area contributed by atoms with Crippen LogP contribution < -0.4 is 4.90 Å². The summed E-state index contributed by atoms with van der Waals surface area (Å²) in [6.45, 7) is 1.96. The van der Waals surface area contributed by atoms with Crippen LogP contribution in [-0.4, -0.2) is 39.7 Å². The van der Waals surface area contributed by atoms with Crippen molar-refractivity contribution in [2.75, 3.05) is 31.2 Å². The summed E-state index contributed by atoms with van der Waals surface area (Å²) >= 11 is 12.2. The van der Waals surface area contributed by atoms with E-state index in [4.69, 9.17) is 32.4 Å². The molecule has 0 radical (unpaired) electrons. The second-order valence-electron chi connectivity index (χ2n) is 6.20. The number of anilines is 1. The van der Waals surface area contributed by atoms with E-state index in [0.29, 0.717) is 41.9 Å². The van der Waals surface area contributed by atoms with Gasteiger partial charge in [-0.25, -0.2) is 8.42 Å². The van der Waals surface area contributed by atoms with Gasteiger partial charge >= 0.3 is 0 Å². The first-order valence-corrected chi connectivity index (χ1v) is 10.8. The summed E-state index contributed by atoms with van der Waals surface area (Å²) in [5.41, 5.74) is 0.501. The number of hydrogen-bond acceptors (Lipinski definition) is 6. The van der Waals surface area contributed by atoms with E-state index < -0.39 is 9.84 Å². The molecule has 28 heavy (non-hydrogen) atoms. The minimum absolute atomic E-state index is 0.133. The van der Waals surface area contributed by atoms with Crippen molar-refractivity contribution >= 4 is 38.9 Å². The minimum Gasteiger partial charge on any atom is -0.419 e. The molecule has 0 aliphatic carbocycles. The van der Waals surface area contributed by atoms with Crippen LogP contribution in [0, 0.1) is 0 Å². The summed E-state index contributed by atoms with van der Waals surface area (Å²) in [4.78, 5) is 6.30. The normalized spacial score (nSPS) is 15.0. The van der Waals surface area contributed by atoms with E-state index in [1.807, 2.05) is 4.90 Å². The maximum Gasteiger partial charge on any atom is 0.236 e. The Labute approximate surface area is 172 Å². The number of sulfone groups is 1. The summed E-state index contributed by atoms with van der Waals surface area (Å²) in [5.74, 6) is 0.332. The van der Waals surface area contributed by atoms with Gasteiger partial charge in [0.25, 0.3) is 0 Å². The van der Waals surface area contributed by atoms with Crippen LogP contribution in [0.3, 0.4) is 0 Å². The largest absolute Gasteiger partial charge is 0.419 e. The predicted molar refractivity (Wildman–Crippen MR) is 107 cm³/mol. The zero-order chi connectivity index (χ0) is 19.7. The third-order valence-electron chi connectivity index (χ3n) is 4.30. The fourth-order valence-corrected chi connectivity index (χ4v) is 4.82. The first-order valence-electron chi connectivity index (χ1n) is 8.55. The number of oxazole rings is 1. The van der Waals surface area contributed by atoms with Gasteiger partial charge in [-0.15, -0.1) is 0 Å². The predicted octanol–water partition coefficient (Wildman–Crippen LogP) is 4.32. The Balaban J connectivity index is 1.87. The first kappa shape index (κ1) is 19.3. The Bertz CT molecular complexity index is 1070. The van der Waals surface area contributed by atoms with Gasteiger partial charge in [0.05, 0.1) is 18.1 Å². The van der Waals surface area contributed by atoms with Crippen LogP contribution in [0.1, 0.15) is 0 Å². The number of nitrogens with zero attached hydrogens (tertiary/aromatic N) is 2. The van der Waals surface area contributed by atoms with Crippen LogP contribution in [0.4, 0.5) is 5.88 Å². The molecular formula is C19H16Cl2N2O4S. The van der Waals surface area contributed by atoms with E-state index in [0.717, 1.165) is 0 Å². The molecule has 9 heteroatoms. The molecule has 0 atom stereocenters. The quantitative estimate of drug-likeness (QED) is 0.603. The van der Waals surface area contributed by atoms with Crippen molar-refractivity contribution in [1.29, 1.82) is 0 Å². The van der Waals surface area contributed by atoms with Gasteiger partial charge in [-0.2, -0.15) is 4.98 Å². The molecular weight excluding hydrogens is 423 g/mol. The Kier molecular flexibility index (Phi) is 5.33. The highest BCUT2D eigenvalue weighted by molar-refractivity contribution is 7.91. The van der Waals surface area contributed by atoms with Crippen molar-refractivity contribution in [3.05, 3.63) is 58.6 Å². The number of aromatic nitrogens is 1. The summed E-state index contributed by atoms with van der Waals surface area (Å²) < 4.78 is 37.8. The van der Waals surface area contributed by atoms with Crippen molar-refractivity contribution in [1.82, 2.24) is 4.98 Å². The summed E-state index contributed by atoms with van der Waals surface area (Å²) in [6.07, 6.45) is 0. The summed E-state index contributed by atoms with van der Waals surface area (Å²) in [7, 11) is -3.88. The van der Waals surface area contributed by atoms with Gasteiger partial charge in [-0.1, -0.05) is 41.4 Å². The molecule has 1 saturated heterocycles. The van der Waals surface area contributed by atoms with Crippen LogP contribution in [0.25, 0.3) is 11.5 Å². The van der Waals surface area contributed by atoms with Crippen LogP contribution >= 0.6 is 23.2 Å². The van der Waals surface area contributed by atoms with E-state index in [-0.39, 0.29) is 21.7 Å². The van der Waals surface area contributed by atoms with Gasteiger partial charge in [-0.3, -0.25) is 0 Å². The van der Waals surface area contributed by atoms with E-state index in [1.54, 1.807) is 36.4 Å². The molecule has 1 fully saturated rings. The molecule has 1 aliphatic heterocycles. The zero-order valence-corrected chi connectivity index (χ0v) is 17.0. The molecule has 3 aromatic rings. The molecule has 4 rings (SSSR count). The lowest BCUT2D eigenvalue weighted by atomic mass is 10.2. The summed E-state index contributed by atoms with van der Waals surface area (Å²) in [6, 6.07) is 13.0. The standard InChI is InChI=1S/C19H16Cl2N2O4S/c20-14-10-13(11-15(21)12-14)17-22-18(19(27-17)23-6-8-26-9-7-23)28(24,25)16-4-2-1-3-5-16/h1-5,10-12H,6-9H2. The molecule has 1 aliphatic rings. The smallest absolute Gasteiger partial charge is 0.236 e. The number of hydrogen-bond donors (Lipinski definition) is 0. The Morgan fingerprint density at radius 2 is 1.61 bits per heavy atom. The van der Waals surface area contributed by atoms with Gasteiger partial charge < -0.3 is 14.1 Å². The van der Waals surface area contributed by atoms with Crippen molar-refractivity contribution in [2.45, 2.75) is 9.92 Å². The van der Waals surface area contributed by atoms with Crippen molar-refractivity contribution in [3.63, 3.8) is 0 Å². The van der Waals surface area contributed by atoms with Crippen LogP contribution in [-0.2, 0) is 14.6 Å². The maximum absolute atomic E-state index is 13.2. The highest BCUT2D eigenvalue weighted by Crippen LogP contribution is 2.36. The fraction of sp³-hybridized carbons (Fsp3) is 0.211. The lowest BCUT2D eigenvalue weighted by molar-refractivity contribution is 0.120. The molecule has 1 aromatic heterocycles. The topological polar surface area (TPSA) is 72.6 Å². The monoisotopic (exact) mass is 438 g/mol. The lowest BCUT2D eigenvalue weighted by Gasteiger charge is -2.26. The van der Waals surface area contributed by atoms with Crippen LogP contribution in [0.15, 0.2) is 62.9 Å². The van der Waals surface area contributed by atoms with Gasteiger partial charge in [0, 0.05) is 28.7 Å². The van der Waals surface area contributed by atoms with E-state index >= 15 is 0 Å². The van der Waals surface area contributed by atoms with E-state index in [1.165, 1.54) is 12.1 Å². The van der Waals surface area contributed by atoms with Gasteiger partial charge in [0.15, 0.2) is 0 Å². The summed E-state index contributed by atoms with van der Waals surface area (Å²) in [5, 5.41) is 0.675. The number of benzene rings is 2. The second kappa shape index (κ2) is 7.75. The van der Waals surface area contributed by atoms with Gasteiger partial charge in [-0.05, 0) is 30.3 Å². The maximum atomic E-state index is 13.2. The van der Waals surface area contributed by atoms with Crippen LogP contribution in [0.2, 0.25) is 10.0 Å². The Hall–Kier alpha value is -2.06. The van der Waals surface area contributed by atoms with Crippen LogP contribution in [0.5, 0.6) is 0 Å². The zero-order valence-electron chi connectivity index (χ0n) is 14.6. The molecule has 0 bridgehead atoms. The third-order valence-corrected chi connectivity index (χ3v) is 6.40. The molecule has 2 aromatic carbocycles. The molecule has 2 heterocycles. The Morgan fingerprint density at radius 3 is 2.25 bits per heavy atom.